The second-order valence-corrected chi connectivity index (χ2v) is 3.89. The second-order valence-electron chi connectivity index (χ2n) is 3.89. The number of carbonyl (C=O) groups excluding carboxylic acids is 1. The molecule has 0 saturated carbocycles. The number of amides is 1. The van der Waals surface area contributed by atoms with Gasteiger partial charge in [0.25, 0.3) is 12.3 Å². The van der Waals surface area contributed by atoms with Crippen molar-refractivity contribution in [3.8, 4) is 5.75 Å². The Hall–Kier alpha value is -1.69. The van der Waals surface area contributed by atoms with Crippen molar-refractivity contribution in [1.82, 2.24) is 4.90 Å². The normalized spacial score (nSPS) is 10.7. The molecule has 1 rings (SSSR count). The Labute approximate surface area is 103 Å². The monoisotopic (exact) mass is 259 g/mol. The predicted molar refractivity (Wildman–Crippen MR) is 61.8 cm³/mol. The van der Waals surface area contributed by atoms with Crippen LogP contribution in [-0.4, -0.2) is 47.1 Å². The standard InChI is InChI=1S/C12H15F2NO3/c1-8-2-3-9(10(17)6-8)12(18)15(4-5-16)7-11(13)14/h2-3,6,11,16-17H,4-5,7H2,1H3. The van der Waals surface area contributed by atoms with Crippen LogP contribution in [0.3, 0.4) is 0 Å². The minimum atomic E-state index is -2.69. The number of aliphatic hydroxyl groups is 1. The lowest BCUT2D eigenvalue weighted by Gasteiger charge is -2.21. The minimum absolute atomic E-state index is 0.0466. The summed E-state index contributed by atoms with van der Waals surface area (Å²) in [5.74, 6) is -0.973. The Morgan fingerprint density at radius 1 is 1.44 bits per heavy atom. The Morgan fingerprint density at radius 2 is 2.11 bits per heavy atom. The molecular formula is C12H15F2NO3. The quantitative estimate of drug-likeness (QED) is 0.840. The third-order valence-corrected chi connectivity index (χ3v) is 2.40. The van der Waals surface area contributed by atoms with Gasteiger partial charge in [-0.15, -0.1) is 0 Å². The number of halogens is 2. The summed E-state index contributed by atoms with van der Waals surface area (Å²) in [5.41, 5.74) is 0.710. The van der Waals surface area contributed by atoms with Gasteiger partial charge in [-0.05, 0) is 24.6 Å². The van der Waals surface area contributed by atoms with Gasteiger partial charge in [-0.25, -0.2) is 8.78 Å². The van der Waals surface area contributed by atoms with E-state index in [0.29, 0.717) is 0 Å². The molecule has 0 fully saturated rings. The number of hydrogen-bond donors (Lipinski definition) is 2. The molecule has 0 unspecified atom stereocenters. The predicted octanol–water partition coefficient (Wildman–Crippen LogP) is 1.40. The largest absolute Gasteiger partial charge is 0.507 e. The fourth-order valence-electron chi connectivity index (χ4n) is 1.56. The number of benzene rings is 1. The van der Waals surface area contributed by atoms with E-state index in [1.807, 2.05) is 0 Å². The van der Waals surface area contributed by atoms with Crippen LogP contribution in [0, 0.1) is 6.92 Å². The summed E-state index contributed by atoms with van der Waals surface area (Å²) < 4.78 is 24.6. The number of rotatable bonds is 5. The highest BCUT2D eigenvalue weighted by Gasteiger charge is 2.21. The SMILES string of the molecule is Cc1ccc(C(=O)N(CCO)CC(F)F)c(O)c1. The van der Waals surface area contributed by atoms with Crippen LogP contribution < -0.4 is 0 Å². The summed E-state index contributed by atoms with van der Waals surface area (Å²) in [6.07, 6.45) is -2.69. The highest BCUT2D eigenvalue weighted by Crippen LogP contribution is 2.20. The highest BCUT2D eigenvalue weighted by molar-refractivity contribution is 5.96. The Balaban J connectivity index is 2.94. The van der Waals surface area contributed by atoms with E-state index in [4.69, 9.17) is 5.11 Å². The molecule has 6 heteroatoms. The molecule has 2 N–H and O–H groups in total. The zero-order valence-electron chi connectivity index (χ0n) is 9.94. The molecule has 0 aromatic heterocycles. The molecule has 0 radical (unpaired) electrons. The van der Waals surface area contributed by atoms with Crippen LogP contribution in [0.1, 0.15) is 15.9 Å². The van der Waals surface area contributed by atoms with Gasteiger partial charge in [0.2, 0.25) is 0 Å². The van der Waals surface area contributed by atoms with E-state index in [0.717, 1.165) is 10.5 Å². The second kappa shape index (κ2) is 6.30. The summed E-state index contributed by atoms with van der Waals surface area (Å²) in [7, 11) is 0. The number of alkyl halides is 2. The molecule has 0 atom stereocenters. The lowest BCUT2D eigenvalue weighted by molar-refractivity contribution is 0.0506. The van der Waals surface area contributed by atoms with E-state index in [2.05, 4.69) is 0 Å². The Bertz CT molecular complexity index is 424. The average Bonchev–Trinajstić information content (AvgIpc) is 2.27. The Kier molecular flexibility index (Phi) is 5.03. The van der Waals surface area contributed by atoms with Crippen molar-refractivity contribution in [2.45, 2.75) is 13.3 Å². The molecule has 18 heavy (non-hydrogen) atoms. The maximum absolute atomic E-state index is 12.3. The number of phenolic OH excluding ortho intramolecular Hbond substituents is 1. The zero-order valence-corrected chi connectivity index (χ0v) is 9.94. The van der Waals surface area contributed by atoms with E-state index in [9.17, 15) is 18.7 Å². The lowest BCUT2D eigenvalue weighted by atomic mass is 10.1. The fourth-order valence-corrected chi connectivity index (χ4v) is 1.56. The van der Waals surface area contributed by atoms with E-state index in [1.54, 1.807) is 13.0 Å². The van der Waals surface area contributed by atoms with Gasteiger partial charge in [-0.3, -0.25) is 4.79 Å². The maximum Gasteiger partial charge on any atom is 0.257 e. The van der Waals surface area contributed by atoms with Gasteiger partial charge in [-0.1, -0.05) is 6.07 Å². The maximum atomic E-state index is 12.3. The van der Waals surface area contributed by atoms with E-state index < -0.39 is 25.5 Å². The minimum Gasteiger partial charge on any atom is -0.507 e. The van der Waals surface area contributed by atoms with Crippen LogP contribution in [-0.2, 0) is 0 Å². The number of aryl methyl sites for hydroxylation is 1. The number of aromatic hydroxyl groups is 1. The van der Waals surface area contributed by atoms with Crippen molar-refractivity contribution >= 4 is 5.91 Å². The summed E-state index contributed by atoms with van der Waals surface area (Å²) in [4.78, 5) is 12.7. The smallest absolute Gasteiger partial charge is 0.257 e. The Morgan fingerprint density at radius 3 is 2.61 bits per heavy atom. The van der Waals surface area contributed by atoms with Gasteiger partial charge in [0.15, 0.2) is 0 Å². The van der Waals surface area contributed by atoms with E-state index in [-0.39, 0.29) is 17.9 Å². The fraction of sp³-hybridized carbons (Fsp3) is 0.417. The first kappa shape index (κ1) is 14.4. The number of aliphatic hydroxyl groups excluding tert-OH is 1. The summed E-state index contributed by atoms with van der Waals surface area (Å²) >= 11 is 0. The van der Waals surface area contributed by atoms with Crippen LogP contribution in [0.2, 0.25) is 0 Å². The van der Waals surface area contributed by atoms with E-state index in [1.165, 1.54) is 12.1 Å². The first-order valence-electron chi connectivity index (χ1n) is 5.43. The molecule has 0 aliphatic rings. The molecule has 0 bridgehead atoms. The topological polar surface area (TPSA) is 60.8 Å². The zero-order chi connectivity index (χ0) is 13.7. The van der Waals surface area contributed by atoms with Crippen LogP contribution in [0.5, 0.6) is 5.75 Å². The molecule has 0 aliphatic heterocycles. The highest BCUT2D eigenvalue weighted by atomic mass is 19.3. The molecule has 0 heterocycles. The number of nitrogens with zero attached hydrogens (tertiary/aromatic N) is 1. The van der Waals surface area contributed by atoms with Gasteiger partial charge >= 0.3 is 0 Å². The van der Waals surface area contributed by atoms with Crippen LogP contribution in [0.4, 0.5) is 8.78 Å². The molecule has 0 spiro atoms. The van der Waals surface area contributed by atoms with Crippen LogP contribution >= 0.6 is 0 Å². The summed E-state index contributed by atoms with van der Waals surface area (Å²) in [6.45, 7) is 0.354. The molecular weight excluding hydrogens is 244 g/mol. The van der Waals surface area contributed by atoms with Crippen molar-refractivity contribution in [3.63, 3.8) is 0 Å². The molecule has 4 nitrogen and oxygen atoms in total. The van der Waals surface area contributed by atoms with Crippen molar-refractivity contribution in [1.29, 1.82) is 0 Å². The first-order chi connectivity index (χ1) is 8.45. The van der Waals surface area contributed by atoms with Crippen molar-refractivity contribution in [3.05, 3.63) is 29.3 Å². The van der Waals surface area contributed by atoms with Gasteiger partial charge in [-0.2, -0.15) is 0 Å². The average molecular weight is 259 g/mol. The van der Waals surface area contributed by atoms with Crippen molar-refractivity contribution < 1.29 is 23.8 Å². The number of carbonyl (C=O) groups is 1. The third kappa shape index (κ3) is 3.66. The molecule has 100 valence electrons. The number of phenols is 1. The van der Waals surface area contributed by atoms with Gasteiger partial charge in [0.1, 0.15) is 5.75 Å². The third-order valence-electron chi connectivity index (χ3n) is 2.40. The first-order valence-corrected chi connectivity index (χ1v) is 5.43. The number of hydrogen-bond acceptors (Lipinski definition) is 3. The molecule has 0 aliphatic carbocycles. The molecule has 1 aromatic carbocycles. The van der Waals surface area contributed by atoms with Gasteiger partial charge in [0.05, 0.1) is 18.7 Å². The summed E-state index contributed by atoms with van der Waals surface area (Å²) in [6, 6.07) is 4.36. The molecule has 0 saturated heterocycles. The molecule has 1 aromatic rings. The van der Waals surface area contributed by atoms with Crippen molar-refractivity contribution in [2.75, 3.05) is 19.7 Å². The summed E-state index contributed by atoms with van der Waals surface area (Å²) in [5, 5.41) is 18.4. The van der Waals surface area contributed by atoms with Crippen LogP contribution in [0.25, 0.3) is 0 Å². The molecule has 1 amide bonds. The van der Waals surface area contributed by atoms with Crippen LogP contribution in [0.15, 0.2) is 18.2 Å². The van der Waals surface area contributed by atoms with E-state index >= 15 is 0 Å². The van der Waals surface area contributed by atoms with Crippen molar-refractivity contribution in [2.24, 2.45) is 0 Å². The lowest BCUT2D eigenvalue weighted by Crippen LogP contribution is -2.37. The van der Waals surface area contributed by atoms with Gasteiger partial charge < -0.3 is 15.1 Å². The van der Waals surface area contributed by atoms with Gasteiger partial charge in [0, 0.05) is 6.54 Å².